The van der Waals surface area contributed by atoms with Crippen LogP contribution in [0.4, 0.5) is 15.8 Å². The van der Waals surface area contributed by atoms with Crippen LogP contribution in [0.3, 0.4) is 0 Å². The minimum absolute atomic E-state index is 0. The lowest BCUT2D eigenvalue weighted by atomic mass is 10.0. The summed E-state index contributed by atoms with van der Waals surface area (Å²) in [7, 11) is -3.62. The Morgan fingerprint density at radius 2 is 1.84 bits per heavy atom. The van der Waals surface area contributed by atoms with Gasteiger partial charge in [0.05, 0.1) is 16.2 Å². The van der Waals surface area contributed by atoms with Gasteiger partial charge in [0.25, 0.3) is 0 Å². The number of halogens is 3. The molecule has 0 unspecified atom stereocenters. The van der Waals surface area contributed by atoms with E-state index < -0.39 is 21.4 Å². The number of likely N-dealkylation sites (tertiary alicyclic amines) is 1. The predicted molar refractivity (Wildman–Crippen MR) is 153 cm³/mol. The molecule has 0 spiro atoms. The number of nitrogens with zero attached hydrogens (tertiary/aromatic N) is 2. The molecule has 0 saturated carbocycles. The largest absolute Gasteiger partial charge is 0.504 e. The van der Waals surface area contributed by atoms with Crippen molar-refractivity contribution in [1.29, 1.82) is 0 Å². The Hall–Kier alpha value is -2.91. The van der Waals surface area contributed by atoms with Crippen molar-refractivity contribution in [2.24, 2.45) is 0 Å². The molecule has 6 nitrogen and oxygen atoms in total. The minimum atomic E-state index is -3.62. The number of phenols is 1. The van der Waals surface area contributed by atoms with Crippen LogP contribution in [-0.4, -0.2) is 49.3 Å². The lowest BCUT2D eigenvalue weighted by Crippen LogP contribution is -2.21. The van der Waals surface area contributed by atoms with Crippen LogP contribution in [0.5, 0.6) is 5.75 Å². The molecule has 3 aromatic carbocycles. The number of nitrogens with one attached hydrogen (secondary N) is 1. The number of pyridine rings is 1. The zero-order valence-corrected chi connectivity index (χ0v) is 23.1. The fourth-order valence-electron chi connectivity index (χ4n) is 4.74. The highest BCUT2D eigenvalue weighted by Crippen LogP contribution is 2.37. The quantitative estimate of drug-likeness (QED) is 0.258. The molecule has 0 aliphatic carbocycles. The van der Waals surface area contributed by atoms with Gasteiger partial charge in [0, 0.05) is 30.1 Å². The molecule has 0 atom stereocenters. The Morgan fingerprint density at radius 3 is 2.55 bits per heavy atom. The van der Waals surface area contributed by atoms with E-state index in [9.17, 15) is 17.9 Å². The Bertz CT molecular complexity index is 1570. The number of phenolic OH excluding ortho intramolecular Hbond substituents is 1. The van der Waals surface area contributed by atoms with E-state index in [4.69, 9.17) is 11.6 Å². The normalized spacial score (nSPS) is 14.0. The molecule has 38 heavy (non-hydrogen) atoms. The first-order valence-electron chi connectivity index (χ1n) is 12.1. The Balaban J connectivity index is 0.00000336. The summed E-state index contributed by atoms with van der Waals surface area (Å²) in [5, 5.41) is 13.5. The van der Waals surface area contributed by atoms with Crippen LogP contribution in [0.2, 0.25) is 5.02 Å². The monoisotopic (exact) mass is 575 g/mol. The summed E-state index contributed by atoms with van der Waals surface area (Å²) < 4.78 is 39.6. The molecule has 1 aliphatic rings. The summed E-state index contributed by atoms with van der Waals surface area (Å²) in [5.74, 6) is -1.45. The maximum Gasteiger partial charge on any atom is 0.179 e. The second-order valence-corrected chi connectivity index (χ2v) is 11.8. The smallest absolute Gasteiger partial charge is 0.179 e. The third-order valence-corrected chi connectivity index (χ3v) is 8.09. The number of fused-ring (bicyclic) bond motifs is 1. The van der Waals surface area contributed by atoms with E-state index in [0.717, 1.165) is 43.6 Å². The van der Waals surface area contributed by atoms with Gasteiger partial charge in [-0.25, -0.2) is 12.8 Å². The summed E-state index contributed by atoms with van der Waals surface area (Å²) in [5.41, 5.74) is 3.95. The Morgan fingerprint density at radius 1 is 1.08 bits per heavy atom. The van der Waals surface area contributed by atoms with Gasteiger partial charge in [0.1, 0.15) is 4.90 Å². The van der Waals surface area contributed by atoms with E-state index in [2.05, 4.69) is 21.3 Å². The van der Waals surface area contributed by atoms with E-state index in [1.54, 1.807) is 18.2 Å². The second-order valence-electron chi connectivity index (χ2n) is 9.41. The highest BCUT2D eigenvalue weighted by atomic mass is 35.5. The first-order valence-corrected chi connectivity index (χ1v) is 14.4. The number of hydrogen-bond acceptors (Lipinski definition) is 6. The molecule has 0 amide bonds. The predicted octanol–water partition coefficient (Wildman–Crippen LogP) is 6.61. The topological polar surface area (TPSA) is 82.5 Å². The molecule has 2 heterocycles. The summed E-state index contributed by atoms with van der Waals surface area (Å²) >= 11 is 6.00. The van der Waals surface area contributed by atoms with Gasteiger partial charge in [-0.05, 0) is 85.4 Å². The van der Waals surface area contributed by atoms with Gasteiger partial charge >= 0.3 is 0 Å². The molecule has 5 rings (SSSR count). The van der Waals surface area contributed by atoms with Gasteiger partial charge in [0.15, 0.2) is 21.4 Å². The molecule has 0 radical (unpaired) electrons. The van der Waals surface area contributed by atoms with Gasteiger partial charge in [-0.15, -0.1) is 12.4 Å². The van der Waals surface area contributed by atoms with Gasteiger partial charge in [-0.2, -0.15) is 0 Å². The molecule has 1 saturated heterocycles. The van der Waals surface area contributed by atoms with E-state index >= 15 is 0 Å². The highest BCUT2D eigenvalue weighted by molar-refractivity contribution is 7.90. The van der Waals surface area contributed by atoms with Crippen molar-refractivity contribution < 1.29 is 17.9 Å². The van der Waals surface area contributed by atoms with E-state index in [0.29, 0.717) is 27.7 Å². The summed E-state index contributed by atoms with van der Waals surface area (Å²) in [6.45, 7) is 3.26. The number of anilines is 2. The van der Waals surface area contributed by atoms with Gasteiger partial charge in [0.2, 0.25) is 0 Å². The lowest BCUT2D eigenvalue weighted by molar-refractivity contribution is 0.343. The van der Waals surface area contributed by atoms with Crippen LogP contribution in [0.25, 0.3) is 22.0 Å². The molecule has 200 valence electrons. The Kier molecular flexibility index (Phi) is 8.47. The van der Waals surface area contributed by atoms with Crippen molar-refractivity contribution in [2.75, 3.05) is 31.2 Å². The number of aromatic hydroxyl groups is 1. The molecule has 1 fully saturated rings. The highest BCUT2D eigenvalue weighted by Gasteiger charge is 2.19. The SMILES string of the molecule is CS(=O)(=O)c1cnc2ccc(-c3cc(F)c(O)c(Cl)c3)cc2c1Nc1cccc(CCN2CCCC2)c1.Cl. The van der Waals surface area contributed by atoms with Crippen molar-refractivity contribution in [3.63, 3.8) is 0 Å². The summed E-state index contributed by atoms with van der Waals surface area (Å²) in [6, 6.07) is 15.9. The number of sulfone groups is 1. The minimum Gasteiger partial charge on any atom is -0.504 e. The first kappa shape index (κ1) is 28.1. The average molecular weight is 577 g/mol. The summed E-state index contributed by atoms with van der Waals surface area (Å²) in [6.07, 6.45) is 5.90. The van der Waals surface area contributed by atoms with Crippen molar-refractivity contribution in [1.82, 2.24) is 9.88 Å². The molecule has 4 aromatic rings. The van der Waals surface area contributed by atoms with Crippen molar-refractivity contribution in [2.45, 2.75) is 24.2 Å². The first-order chi connectivity index (χ1) is 17.7. The van der Waals surface area contributed by atoms with Crippen molar-refractivity contribution >= 4 is 56.1 Å². The maximum atomic E-state index is 14.2. The van der Waals surface area contributed by atoms with Gasteiger partial charge in [-0.3, -0.25) is 4.98 Å². The number of aromatic nitrogens is 1. The van der Waals surface area contributed by atoms with Gasteiger partial charge in [-0.1, -0.05) is 29.8 Å². The van der Waals surface area contributed by atoms with Crippen LogP contribution < -0.4 is 5.32 Å². The fraction of sp³-hybridized carbons (Fsp3) is 0.250. The molecule has 1 aliphatic heterocycles. The van der Waals surface area contributed by atoms with Crippen LogP contribution in [0.1, 0.15) is 18.4 Å². The molecule has 2 N–H and O–H groups in total. The third kappa shape index (κ3) is 6.04. The molecule has 10 heteroatoms. The van der Waals surface area contributed by atoms with Gasteiger partial charge < -0.3 is 15.3 Å². The van der Waals surface area contributed by atoms with Crippen LogP contribution in [-0.2, 0) is 16.3 Å². The Labute approximate surface area is 232 Å². The number of hydrogen-bond donors (Lipinski definition) is 2. The molecule has 1 aromatic heterocycles. The van der Waals surface area contributed by atoms with E-state index in [1.807, 2.05) is 18.2 Å². The number of rotatable bonds is 7. The maximum absolute atomic E-state index is 14.2. The zero-order chi connectivity index (χ0) is 26.2. The average Bonchev–Trinajstić information content (AvgIpc) is 3.39. The van der Waals surface area contributed by atoms with Crippen LogP contribution in [0, 0.1) is 5.82 Å². The molecular weight excluding hydrogens is 548 g/mol. The third-order valence-electron chi connectivity index (χ3n) is 6.69. The number of benzene rings is 3. The van der Waals surface area contributed by atoms with E-state index in [1.165, 1.54) is 31.2 Å². The summed E-state index contributed by atoms with van der Waals surface area (Å²) in [4.78, 5) is 6.88. The van der Waals surface area contributed by atoms with Crippen molar-refractivity contribution in [3.05, 3.63) is 77.2 Å². The van der Waals surface area contributed by atoms with Crippen LogP contribution in [0.15, 0.2) is 65.7 Å². The van der Waals surface area contributed by atoms with E-state index in [-0.39, 0.29) is 22.3 Å². The van der Waals surface area contributed by atoms with Crippen molar-refractivity contribution in [3.8, 4) is 16.9 Å². The lowest BCUT2D eigenvalue weighted by Gasteiger charge is -2.17. The second kappa shape index (κ2) is 11.5. The zero-order valence-electron chi connectivity index (χ0n) is 20.7. The standard InChI is InChI=1S/C28H27ClFN3O3S.ClH/c1-37(35,36)26-17-31-25-8-7-19(20-15-23(29)28(34)24(30)16-20)14-22(25)27(26)32-21-6-4-5-18(13-21)9-12-33-10-2-3-11-33;/h4-8,13-17,34H,2-3,9-12H2,1H3,(H,31,32);1H. The van der Waals surface area contributed by atoms with Crippen LogP contribution >= 0.6 is 24.0 Å². The molecule has 0 bridgehead atoms. The molecular formula is C28H28Cl2FN3O3S. The fourth-order valence-corrected chi connectivity index (χ4v) is 5.72.